The van der Waals surface area contributed by atoms with Crippen molar-refractivity contribution >= 4 is 28.7 Å². The van der Waals surface area contributed by atoms with Gasteiger partial charge in [0, 0.05) is 3.57 Å². The summed E-state index contributed by atoms with van der Waals surface area (Å²) < 4.78 is 1.32. The van der Waals surface area contributed by atoms with Crippen molar-refractivity contribution in [1.82, 2.24) is 0 Å². The van der Waals surface area contributed by atoms with Crippen molar-refractivity contribution in [2.24, 2.45) is 0 Å². The first-order chi connectivity index (χ1) is 5.65. The number of hydrogen-bond donors (Lipinski definition) is 0. The zero-order valence-corrected chi connectivity index (χ0v) is 9.84. The van der Waals surface area contributed by atoms with Crippen LogP contribution in [-0.2, 0) is 0 Å². The van der Waals surface area contributed by atoms with E-state index in [-0.39, 0.29) is 0 Å². The van der Waals surface area contributed by atoms with Crippen LogP contribution in [0.5, 0.6) is 0 Å². The van der Waals surface area contributed by atoms with Gasteiger partial charge < -0.3 is 0 Å². The molecule has 0 fully saturated rings. The van der Waals surface area contributed by atoms with Crippen molar-refractivity contribution in [3.63, 3.8) is 0 Å². The summed E-state index contributed by atoms with van der Waals surface area (Å²) in [4.78, 5) is 0. The number of halogens is 1. The van der Waals surface area contributed by atoms with Crippen LogP contribution in [0, 0.1) is 17.4 Å². The zero-order chi connectivity index (χ0) is 9.14. The number of aryl methyl sites for hydroxylation is 2. The maximum absolute atomic E-state index is 2.35. The van der Waals surface area contributed by atoms with E-state index >= 15 is 0 Å². The summed E-state index contributed by atoms with van der Waals surface area (Å²) in [6, 6.07) is 4.42. The van der Waals surface area contributed by atoms with Crippen molar-refractivity contribution < 1.29 is 0 Å². The number of allylic oxidation sites excluding steroid dienone is 1. The van der Waals surface area contributed by atoms with Crippen LogP contribution in [0.3, 0.4) is 0 Å². The van der Waals surface area contributed by atoms with Crippen LogP contribution in [0.4, 0.5) is 0 Å². The van der Waals surface area contributed by atoms with E-state index in [0.29, 0.717) is 0 Å². The first-order valence-electron chi connectivity index (χ1n) is 4.04. The van der Waals surface area contributed by atoms with Crippen LogP contribution in [-0.4, -0.2) is 0 Å². The minimum absolute atomic E-state index is 1.32. The molecule has 0 aromatic heterocycles. The lowest BCUT2D eigenvalue weighted by atomic mass is 10.0. The Morgan fingerprint density at radius 3 is 2.08 bits per heavy atom. The van der Waals surface area contributed by atoms with Crippen LogP contribution in [0.2, 0.25) is 0 Å². The molecule has 0 aliphatic heterocycles. The SMILES string of the molecule is C/C=C\c1c(C)cc(I)cc1C. The first kappa shape index (κ1) is 9.78. The van der Waals surface area contributed by atoms with Gasteiger partial charge in [-0.2, -0.15) is 0 Å². The second-order valence-electron chi connectivity index (χ2n) is 2.95. The van der Waals surface area contributed by atoms with Gasteiger partial charge in [-0.1, -0.05) is 12.2 Å². The summed E-state index contributed by atoms with van der Waals surface area (Å²) >= 11 is 2.35. The van der Waals surface area contributed by atoms with Gasteiger partial charge in [-0.15, -0.1) is 0 Å². The molecular formula is C11H13I. The summed E-state index contributed by atoms with van der Waals surface area (Å²) in [7, 11) is 0. The Hall–Kier alpha value is -0.310. The minimum atomic E-state index is 1.32. The van der Waals surface area contributed by atoms with Gasteiger partial charge in [0.1, 0.15) is 0 Å². The molecule has 1 aromatic carbocycles. The van der Waals surface area contributed by atoms with E-state index < -0.39 is 0 Å². The molecule has 12 heavy (non-hydrogen) atoms. The van der Waals surface area contributed by atoms with E-state index in [0.717, 1.165) is 0 Å². The lowest BCUT2D eigenvalue weighted by molar-refractivity contribution is 1.34. The third-order valence-corrected chi connectivity index (χ3v) is 2.51. The van der Waals surface area contributed by atoms with E-state index in [1.807, 2.05) is 0 Å². The van der Waals surface area contributed by atoms with E-state index in [1.165, 1.54) is 20.3 Å². The van der Waals surface area contributed by atoms with Crippen molar-refractivity contribution in [2.45, 2.75) is 20.8 Å². The molecule has 64 valence electrons. The average molecular weight is 272 g/mol. The topological polar surface area (TPSA) is 0 Å². The fourth-order valence-electron chi connectivity index (χ4n) is 1.35. The molecule has 0 saturated carbocycles. The smallest absolute Gasteiger partial charge is 0.0136 e. The van der Waals surface area contributed by atoms with Gasteiger partial charge in [0.25, 0.3) is 0 Å². The number of hydrogen-bond acceptors (Lipinski definition) is 0. The molecule has 1 aromatic rings. The molecule has 0 atom stereocenters. The summed E-state index contributed by atoms with van der Waals surface area (Å²) in [5.74, 6) is 0. The Kier molecular flexibility index (Phi) is 3.32. The number of benzene rings is 1. The third kappa shape index (κ3) is 2.09. The van der Waals surface area contributed by atoms with Gasteiger partial charge in [0.15, 0.2) is 0 Å². The van der Waals surface area contributed by atoms with Crippen molar-refractivity contribution in [3.8, 4) is 0 Å². The molecule has 0 nitrogen and oxygen atoms in total. The quantitative estimate of drug-likeness (QED) is 0.679. The van der Waals surface area contributed by atoms with Crippen LogP contribution in [0.15, 0.2) is 18.2 Å². The Bertz CT molecular complexity index is 288. The standard InChI is InChI=1S/C11H13I/c1-4-5-11-8(2)6-10(12)7-9(11)3/h4-7H,1-3H3/b5-4-. The minimum Gasteiger partial charge on any atom is -0.0870 e. The molecule has 0 unspecified atom stereocenters. The molecule has 0 radical (unpaired) electrons. The molecular weight excluding hydrogens is 259 g/mol. The molecule has 0 saturated heterocycles. The van der Waals surface area contributed by atoms with Crippen LogP contribution in [0.1, 0.15) is 23.6 Å². The van der Waals surface area contributed by atoms with Crippen molar-refractivity contribution in [2.75, 3.05) is 0 Å². The van der Waals surface area contributed by atoms with Gasteiger partial charge in [-0.3, -0.25) is 0 Å². The predicted octanol–water partition coefficient (Wildman–Crippen LogP) is 3.94. The molecule has 0 bridgehead atoms. The second kappa shape index (κ2) is 4.08. The van der Waals surface area contributed by atoms with E-state index in [4.69, 9.17) is 0 Å². The molecule has 0 aliphatic rings. The predicted molar refractivity (Wildman–Crippen MR) is 63.3 cm³/mol. The lowest BCUT2D eigenvalue weighted by Gasteiger charge is -2.05. The maximum atomic E-state index is 2.35. The van der Waals surface area contributed by atoms with Crippen LogP contribution >= 0.6 is 22.6 Å². The molecule has 0 spiro atoms. The molecule has 0 N–H and O–H groups in total. The lowest BCUT2D eigenvalue weighted by Crippen LogP contribution is -1.87. The Morgan fingerprint density at radius 1 is 1.17 bits per heavy atom. The molecule has 1 rings (SSSR count). The Labute approximate surface area is 87.8 Å². The van der Waals surface area contributed by atoms with Crippen molar-refractivity contribution in [1.29, 1.82) is 0 Å². The maximum Gasteiger partial charge on any atom is 0.0136 e. The first-order valence-corrected chi connectivity index (χ1v) is 5.12. The third-order valence-electron chi connectivity index (χ3n) is 1.89. The number of rotatable bonds is 1. The second-order valence-corrected chi connectivity index (χ2v) is 4.20. The Morgan fingerprint density at radius 2 is 1.67 bits per heavy atom. The van der Waals surface area contributed by atoms with Gasteiger partial charge in [-0.05, 0) is 72.2 Å². The van der Waals surface area contributed by atoms with Crippen molar-refractivity contribution in [3.05, 3.63) is 38.5 Å². The van der Waals surface area contributed by atoms with E-state index in [2.05, 4.69) is 67.6 Å². The normalized spacial score (nSPS) is 11.0. The fourth-order valence-corrected chi connectivity index (χ4v) is 2.29. The summed E-state index contributed by atoms with van der Waals surface area (Å²) in [5.41, 5.74) is 4.08. The zero-order valence-electron chi connectivity index (χ0n) is 7.69. The highest BCUT2D eigenvalue weighted by molar-refractivity contribution is 14.1. The Balaban J connectivity index is 3.28. The summed E-state index contributed by atoms with van der Waals surface area (Å²) in [6.45, 7) is 6.37. The van der Waals surface area contributed by atoms with Gasteiger partial charge in [0.2, 0.25) is 0 Å². The largest absolute Gasteiger partial charge is 0.0870 e. The molecule has 0 aliphatic carbocycles. The van der Waals surface area contributed by atoms with Crippen LogP contribution in [0.25, 0.3) is 6.08 Å². The van der Waals surface area contributed by atoms with Gasteiger partial charge in [-0.25, -0.2) is 0 Å². The molecule has 0 amide bonds. The fraction of sp³-hybridized carbons (Fsp3) is 0.273. The summed E-state index contributed by atoms with van der Waals surface area (Å²) in [5, 5.41) is 0. The van der Waals surface area contributed by atoms with Gasteiger partial charge in [0.05, 0.1) is 0 Å². The highest BCUT2D eigenvalue weighted by Crippen LogP contribution is 2.19. The highest BCUT2D eigenvalue weighted by Gasteiger charge is 1.99. The van der Waals surface area contributed by atoms with Gasteiger partial charge >= 0.3 is 0 Å². The monoisotopic (exact) mass is 272 g/mol. The molecule has 1 heteroatoms. The van der Waals surface area contributed by atoms with E-state index in [1.54, 1.807) is 0 Å². The highest BCUT2D eigenvalue weighted by atomic mass is 127. The average Bonchev–Trinajstić information content (AvgIpc) is 1.96. The molecule has 0 heterocycles. The van der Waals surface area contributed by atoms with E-state index in [9.17, 15) is 0 Å². The summed E-state index contributed by atoms with van der Waals surface area (Å²) in [6.07, 6.45) is 4.25. The van der Waals surface area contributed by atoms with Crippen LogP contribution < -0.4 is 0 Å².